The van der Waals surface area contributed by atoms with Crippen LogP contribution in [0.15, 0.2) is 88.5 Å². The average Bonchev–Trinajstić information content (AvgIpc) is 3.77. The van der Waals surface area contributed by atoms with Crippen LogP contribution in [-0.2, 0) is 13.6 Å². The first-order valence-electron chi connectivity index (χ1n) is 13.2. The van der Waals surface area contributed by atoms with E-state index in [9.17, 15) is 4.79 Å². The average molecular weight is 565 g/mol. The van der Waals surface area contributed by atoms with Gasteiger partial charge in [-0.3, -0.25) is 10.1 Å². The molecule has 0 radical (unpaired) electrons. The van der Waals surface area contributed by atoms with Crippen molar-refractivity contribution in [2.75, 3.05) is 11.9 Å². The number of aryl methyl sites for hydroxylation is 1. The number of benzene rings is 3. The lowest BCUT2D eigenvalue weighted by Crippen LogP contribution is -2.24. The van der Waals surface area contributed by atoms with Crippen LogP contribution in [0.3, 0.4) is 0 Å². The molecule has 3 aromatic heterocycles. The highest BCUT2D eigenvalue weighted by molar-refractivity contribution is 7.08. The van der Waals surface area contributed by atoms with Gasteiger partial charge in [0.05, 0.1) is 29.9 Å². The fraction of sp³-hybridized carbons (Fsp3) is 0.167. The van der Waals surface area contributed by atoms with Crippen LogP contribution < -0.4 is 15.7 Å². The van der Waals surface area contributed by atoms with E-state index in [1.54, 1.807) is 23.5 Å². The Hall–Kier alpha value is -5.03. The molecule has 0 fully saturated rings. The molecule has 206 valence electrons. The van der Waals surface area contributed by atoms with Gasteiger partial charge in [-0.05, 0) is 86.8 Å². The Labute approximate surface area is 240 Å². The van der Waals surface area contributed by atoms with Gasteiger partial charge < -0.3 is 13.9 Å². The van der Waals surface area contributed by atoms with Crippen molar-refractivity contribution in [1.82, 2.24) is 29.8 Å². The molecule has 1 amide bonds. The molecule has 0 aliphatic carbocycles. The first-order valence-corrected chi connectivity index (χ1v) is 14.2. The van der Waals surface area contributed by atoms with Crippen molar-refractivity contribution in [3.8, 4) is 16.9 Å². The highest BCUT2D eigenvalue weighted by Crippen LogP contribution is 2.25. The molecule has 0 saturated heterocycles. The Morgan fingerprint density at radius 2 is 1.85 bits per heavy atom. The molecule has 0 aliphatic rings. The van der Waals surface area contributed by atoms with Crippen LogP contribution in [0, 0.1) is 0 Å². The topological polar surface area (TPSA) is 115 Å². The fourth-order valence-corrected chi connectivity index (χ4v) is 5.27. The van der Waals surface area contributed by atoms with E-state index < -0.39 is 0 Å². The van der Waals surface area contributed by atoms with E-state index in [0.29, 0.717) is 18.7 Å². The minimum atomic E-state index is -0.297. The molecule has 41 heavy (non-hydrogen) atoms. The van der Waals surface area contributed by atoms with Crippen molar-refractivity contribution in [1.29, 1.82) is 0 Å². The maximum Gasteiger partial charge on any atom is 0.258 e. The van der Waals surface area contributed by atoms with Crippen molar-refractivity contribution in [2.24, 2.45) is 12.0 Å². The van der Waals surface area contributed by atoms with Gasteiger partial charge in [0.1, 0.15) is 5.75 Å². The summed E-state index contributed by atoms with van der Waals surface area (Å²) >= 11 is 1.69. The number of nitrogens with zero attached hydrogens (tertiary/aromatic N) is 6. The molecule has 0 aliphatic heterocycles. The van der Waals surface area contributed by atoms with E-state index in [1.807, 2.05) is 37.4 Å². The van der Waals surface area contributed by atoms with E-state index in [0.717, 1.165) is 45.6 Å². The van der Waals surface area contributed by atoms with Crippen molar-refractivity contribution in [2.45, 2.75) is 19.9 Å². The number of carbonyl (C=O) groups excluding carboxylic acids is 1. The van der Waals surface area contributed by atoms with Crippen LogP contribution in [-0.4, -0.2) is 42.3 Å². The molecule has 3 heterocycles. The third-order valence-electron chi connectivity index (χ3n) is 6.70. The summed E-state index contributed by atoms with van der Waals surface area (Å²) in [6.07, 6.45) is 0.941. The van der Waals surface area contributed by atoms with Crippen LogP contribution in [0.1, 0.15) is 29.3 Å². The molecule has 3 aromatic carbocycles. The molecule has 11 heteroatoms. The molecule has 0 atom stereocenters. The smallest absolute Gasteiger partial charge is 0.258 e. The van der Waals surface area contributed by atoms with E-state index in [-0.39, 0.29) is 11.9 Å². The second-order valence-corrected chi connectivity index (χ2v) is 10.3. The second-order valence-electron chi connectivity index (χ2n) is 9.52. The van der Waals surface area contributed by atoms with E-state index in [1.165, 1.54) is 5.56 Å². The SMILES string of the molecule is CCCOc1ccc2c(c1)n(C)/c(=N\c1ccc(-c3ccsc3)cc1)n2Cc1ccc(C(=O)Nc2nnn[nH]2)cc1. The van der Waals surface area contributed by atoms with Gasteiger partial charge in [0.2, 0.25) is 11.6 Å². The lowest BCUT2D eigenvalue weighted by atomic mass is 10.1. The number of tetrazole rings is 1. The number of aromatic amines is 1. The van der Waals surface area contributed by atoms with E-state index in [4.69, 9.17) is 9.73 Å². The number of hydrogen-bond donors (Lipinski definition) is 2. The summed E-state index contributed by atoms with van der Waals surface area (Å²) in [5.41, 5.74) is 7.61. The molecule has 0 saturated carbocycles. The fourth-order valence-electron chi connectivity index (χ4n) is 4.61. The molecule has 6 rings (SSSR count). The van der Waals surface area contributed by atoms with Gasteiger partial charge in [-0.15, -0.1) is 0 Å². The van der Waals surface area contributed by atoms with Crippen LogP contribution >= 0.6 is 11.3 Å². The van der Waals surface area contributed by atoms with E-state index >= 15 is 0 Å². The minimum Gasteiger partial charge on any atom is -0.494 e. The van der Waals surface area contributed by atoms with Crippen molar-refractivity contribution < 1.29 is 9.53 Å². The molecule has 2 N–H and O–H groups in total. The van der Waals surface area contributed by atoms with Gasteiger partial charge in [-0.2, -0.15) is 11.3 Å². The number of nitrogens with one attached hydrogen (secondary N) is 2. The highest BCUT2D eigenvalue weighted by Gasteiger charge is 2.13. The number of rotatable bonds is 9. The number of imidazole rings is 1. The zero-order valence-electron chi connectivity index (χ0n) is 22.6. The number of carbonyl (C=O) groups is 1. The van der Waals surface area contributed by atoms with Crippen molar-refractivity contribution >= 4 is 39.9 Å². The number of hydrogen-bond acceptors (Lipinski definition) is 7. The summed E-state index contributed by atoms with van der Waals surface area (Å²) in [4.78, 5) is 17.6. The number of fused-ring (bicyclic) bond motifs is 1. The number of thiophene rings is 1. The Balaban J connectivity index is 1.36. The van der Waals surface area contributed by atoms with Crippen LogP contribution in [0.5, 0.6) is 5.75 Å². The summed E-state index contributed by atoms with van der Waals surface area (Å²) in [5.74, 6) is 0.729. The molecular formula is C30H28N8O2S. The first kappa shape index (κ1) is 26.2. The molecule has 0 bridgehead atoms. The summed E-state index contributed by atoms with van der Waals surface area (Å²) in [6, 6.07) is 24.0. The van der Waals surface area contributed by atoms with Gasteiger partial charge in [0.15, 0.2) is 0 Å². The van der Waals surface area contributed by atoms with Gasteiger partial charge in [0, 0.05) is 18.7 Å². The maximum atomic E-state index is 12.6. The molecule has 10 nitrogen and oxygen atoms in total. The molecule has 6 aromatic rings. The quantitative estimate of drug-likeness (QED) is 0.239. The second kappa shape index (κ2) is 11.6. The van der Waals surface area contributed by atoms with E-state index in [2.05, 4.69) is 83.1 Å². The number of aromatic nitrogens is 6. The maximum absolute atomic E-state index is 12.6. The summed E-state index contributed by atoms with van der Waals surface area (Å²) in [5, 5.41) is 20.0. The largest absolute Gasteiger partial charge is 0.494 e. The number of ether oxygens (including phenoxy) is 1. The third kappa shape index (κ3) is 5.66. The summed E-state index contributed by atoms with van der Waals surface area (Å²) in [7, 11) is 2.02. The van der Waals surface area contributed by atoms with Crippen molar-refractivity contribution in [3.05, 3.63) is 100 Å². The monoisotopic (exact) mass is 564 g/mol. The first-order chi connectivity index (χ1) is 20.1. The summed E-state index contributed by atoms with van der Waals surface area (Å²) in [6.45, 7) is 3.32. The Kier molecular flexibility index (Phi) is 7.42. The van der Waals surface area contributed by atoms with Crippen LogP contribution in [0.25, 0.3) is 22.2 Å². The predicted octanol–water partition coefficient (Wildman–Crippen LogP) is 5.54. The number of anilines is 1. The lowest BCUT2D eigenvalue weighted by Gasteiger charge is -2.08. The van der Waals surface area contributed by atoms with Crippen LogP contribution in [0.2, 0.25) is 0 Å². The Morgan fingerprint density at radius 1 is 1.02 bits per heavy atom. The van der Waals surface area contributed by atoms with Crippen LogP contribution in [0.4, 0.5) is 11.6 Å². The van der Waals surface area contributed by atoms with Gasteiger partial charge in [-0.1, -0.05) is 36.3 Å². The van der Waals surface area contributed by atoms with Gasteiger partial charge in [-0.25, -0.2) is 10.1 Å². The Bertz CT molecular complexity index is 1840. The van der Waals surface area contributed by atoms with Crippen molar-refractivity contribution in [3.63, 3.8) is 0 Å². The lowest BCUT2D eigenvalue weighted by molar-refractivity contribution is 0.102. The minimum absolute atomic E-state index is 0.197. The molecular weight excluding hydrogens is 536 g/mol. The standard InChI is InChI=1S/C30H28N8O2S/c1-3-15-40-25-12-13-26-27(17-25)37(2)30(31-24-10-8-21(9-11-24)23-14-16-41-19-23)38(26)18-20-4-6-22(7-5-20)28(39)32-29-33-35-36-34-29/h4-14,16-17,19H,3,15,18H2,1-2H3,(H2,32,33,34,35,36,39)/b31-30+. The van der Waals surface area contributed by atoms with Gasteiger partial charge in [0.25, 0.3) is 5.91 Å². The zero-order valence-corrected chi connectivity index (χ0v) is 23.4. The summed E-state index contributed by atoms with van der Waals surface area (Å²) < 4.78 is 10.2. The predicted molar refractivity (Wildman–Crippen MR) is 159 cm³/mol. The number of amides is 1. The zero-order chi connectivity index (χ0) is 28.2. The number of H-pyrrole nitrogens is 1. The van der Waals surface area contributed by atoms with Gasteiger partial charge >= 0.3 is 0 Å². The highest BCUT2D eigenvalue weighted by atomic mass is 32.1. The molecule has 0 unspecified atom stereocenters. The Morgan fingerprint density at radius 3 is 2.56 bits per heavy atom. The molecule has 0 spiro atoms. The third-order valence-corrected chi connectivity index (χ3v) is 7.38. The normalized spacial score (nSPS) is 11.7.